The van der Waals surface area contributed by atoms with Gasteiger partial charge in [-0.05, 0) is 5.56 Å². The molecule has 2 aliphatic heterocycles. The first-order valence-corrected chi connectivity index (χ1v) is 6.92. The van der Waals surface area contributed by atoms with Crippen LogP contribution in [-0.4, -0.2) is 42.5 Å². The molecule has 3 unspecified atom stereocenters. The molecular weight excluding hydrogens is 268 g/mol. The molecule has 21 heavy (non-hydrogen) atoms. The van der Waals surface area contributed by atoms with Crippen LogP contribution in [0.1, 0.15) is 12.0 Å². The third-order valence-electron chi connectivity index (χ3n) is 3.61. The molecule has 2 N–H and O–H groups in total. The van der Waals surface area contributed by atoms with E-state index in [1.807, 2.05) is 30.3 Å². The second-order valence-electron chi connectivity index (χ2n) is 5.18. The lowest BCUT2D eigenvalue weighted by atomic mass is 9.99. The van der Waals surface area contributed by atoms with Crippen molar-refractivity contribution in [1.29, 1.82) is 0 Å². The van der Waals surface area contributed by atoms with Crippen molar-refractivity contribution in [2.24, 2.45) is 9.98 Å². The van der Waals surface area contributed by atoms with Crippen LogP contribution < -0.4 is 10.6 Å². The summed E-state index contributed by atoms with van der Waals surface area (Å²) < 4.78 is 0. The van der Waals surface area contributed by atoms with Gasteiger partial charge in [0.15, 0.2) is 0 Å². The highest BCUT2D eigenvalue weighted by Crippen LogP contribution is 2.11. The van der Waals surface area contributed by atoms with Gasteiger partial charge >= 0.3 is 0 Å². The number of nitrogens with one attached hydrogen (secondary N) is 2. The molecule has 1 fully saturated rings. The summed E-state index contributed by atoms with van der Waals surface area (Å²) in [7, 11) is 0. The summed E-state index contributed by atoms with van der Waals surface area (Å²) in [6, 6.07) is 8.43. The summed E-state index contributed by atoms with van der Waals surface area (Å²) in [6.07, 6.45) is 4.07. The maximum Gasteiger partial charge on any atom is 0.243 e. The van der Waals surface area contributed by atoms with Crippen LogP contribution in [0, 0.1) is 0 Å². The van der Waals surface area contributed by atoms with Gasteiger partial charge in [-0.25, -0.2) is 4.99 Å². The molecule has 0 saturated carbocycles. The van der Waals surface area contributed by atoms with Crippen molar-refractivity contribution in [2.75, 3.05) is 0 Å². The molecule has 3 atom stereocenters. The molecular formula is C15H16N4O2. The maximum atomic E-state index is 12.1. The van der Waals surface area contributed by atoms with Gasteiger partial charge in [0.25, 0.3) is 0 Å². The monoisotopic (exact) mass is 284 g/mol. The minimum atomic E-state index is -0.545. The van der Waals surface area contributed by atoms with E-state index in [9.17, 15) is 9.59 Å². The van der Waals surface area contributed by atoms with Crippen LogP contribution in [0.4, 0.5) is 0 Å². The maximum absolute atomic E-state index is 12.1. The molecule has 0 aliphatic carbocycles. The third-order valence-corrected chi connectivity index (χ3v) is 3.61. The average molecular weight is 284 g/mol. The minimum Gasteiger partial charge on any atom is -0.342 e. The second kappa shape index (κ2) is 5.87. The third kappa shape index (κ3) is 3.16. The molecule has 0 aromatic heterocycles. The van der Waals surface area contributed by atoms with E-state index in [1.165, 1.54) is 6.34 Å². The van der Waals surface area contributed by atoms with Crippen LogP contribution in [-0.2, 0) is 16.0 Å². The van der Waals surface area contributed by atoms with Crippen molar-refractivity contribution in [3.63, 3.8) is 0 Å². The summed E-state index contributed by atoms with van der Waals surface area (Å²) in [5, 5.41) is 5.57. The fourth-order valence-corrected chi connectivity index (χ4v) is 2.50. The SMILES string of the molecule is O=C1NC(CC2C=NC=N2)C(=O)NC1Cc1ccccc1. The van der Waals surface area contributed by atoms with E-state index in [1.54, 1.807) is 6.21 Å². The lowest BCUT2D eigenvalue weighted by Gasteiger charge is -2.30. The Morgan fingerprint density at radius 3 is 2.43 bits per heavy atom. The summed E-state index contributed by atoms with van der Waals surface area (Å²) in [5.41, 5.74) is 1.02. The molecule has 108 valence electrons. The van der Waals surface area contributed by atoms with Gasteiger partial charge in [-0.15, -0.1) is 0 Å². The van der Waals surface area contributed by atoms with Gasteiger partial charge < -0.3 is 10.6 Å². The largest absolute Gasteiger partial charge is 0.342 e. The molecule has 6 heteroatoms. The highest BCUT2D eigenvalue weighted by atomic mass is 16.2. The Bertz CT molecular complexity index is 585. The fourth-order valence-electron chi connectivity index (χ4n) is 2.50. The lowest BCUT2D eigenvalue weighted by Crippen LogP contribution is -2.62. The van der Waals surface area contributed by atoms with Gasteiger partial charge in [-0.3, -0.25) is 14.6 Å². The van der Waals surface area contributed by atoms with Crippen LogP contribution >= 0.6 is 0 Å². The number of amides is 2. The summed E-state index contributed by atoms with van der Waals surface area (Å²) in [4.78, 5) is 32.2. The average Bonchev–Trinajstić information content (AvgIpc) is 2.98. The quantitative estimate of drug-likeness (QED) is 0.821. The predicted molar refractivity (Wildman–Crippen MR) is 79.4 cm³/mol. The minimum absolute atomic E-state index is 0.133. The summed E-state index contributed by atoms with van der Waals surface area (Å²) >= 11 is 0. The number of carbonyl (C=O) groups is 2. The van der Waals surface area contributed by atoms with E-state index in [0.29, 0.717) is 12.8 Å². The van der Waals surface area contributed by atoms with Crippen molar-refractivity contribution in [2.45, 2.75) is 31.0 Å². The number of hydrogen-bond donors (Lipinski definition) is 2. The molecule has 0 radical (unpaired) electrons. The van der Waals surface area contributed by atoms with Gasteiger partial charge in [-0.2, -0.15) is 0 Å². The van der Waals surface area contributed by atoms with Crippen LogP contribution in [0.5, 0.6) is 0 Å². The van der Waals surface area contributed by atoms with Crippen molar-refractivity contribution >= 4 is 24.4 Å². The van der Waals surface area contributed by atoms with Crippen LogP contribution in [0.2, 0.25) is 0 Å². The molecule has 2 aliphatic rings. The highest BCUT2D eigenvalue weighted by Gasteiger charge is 2.34. The van der Waals surface area contributed by atoms with Gasteiger partial charge in [0, 0.05) is 19.1 Å². The molecule has 3 rings (SSSR count). The first kappa shape index (κ1) is 13.5. The summed E-state index contributed by atoms with van der Waals surface area (Å²) in [5.74, 6) is -0.312. The Hall–Kier alpha value is -2.50. The molecule has 0 bridgehead atoms. The Balaban J connectivity index is 1.61. The molecule has 1 saturated heterocycles. The number of hydrogen-bond acceptors (Lipinski definition) is 4. The number of benzene rings is 1. The van der Waals surface area contributed by atoms with Crippen molar-refractivity contribution in [3.8, 4) is 0 Å². The predicted octanol–water partition coefficient (Wildman–Crippen LogP) is 0.0837. The number of nitrogens with zero attached hydrogens (tertiary/aromatic N) is 2. The highest BCUT2D eigenvalue weighted by molar-refractivity contribution is 5.97. The van der Waals surface area contributed by atoms with Crippen molar-refractivity contribution < 1.29 is 9.59 Å². The number of piperazine rings is 1. The topological polar surface area (TPSA) is 82.9 Å². The van der Waals surface area contributed by atoms with Crippen molar-refractivity contribution in [1.82, 2.24) is 10.6 Å². The molecule has 2 heterocycles. The first-order valence-electron chi connectivity index (χ1n) is 6.92. The number of carbonyl (C=O) groups excluding carboxylic acids is 2. The molecule has 2 amide bonds. The smallest absolute Gasteiger partial charge is 0.243 e. The molecule has 1 aromatic carbocycles. The molecule has 0 spiro atoms. The zero-order valence-corrected chi connectivity index (χ0v) is 11.4. The van der Waals surface area contributed by atoms with E-state index in [0.717, 1.165) is 5.56 Å². The Labute approximate surface area is 122 Å². The van der Waals surface area contributed by atoms with Crippen LogP contribution in [0.15, 0.2) is 40.3 Å². The van der Waals surface area contributed by atoms with E-state index in [2.05, 4.69) is 20.6 Å². The molecule has 1 aromatic rings. The standard InChI is InChI=1S/C15H16N4O2/c20-14-12(6-10-4-2-1-3-5-10)18-15(21)13(19-14)7-11-8-16-9-17-11/h1-5,8-9,11-13H,6-7H2,(H,18,21)(H,19,20). The van der Waals surface area contributed by atoms with E-state index in [-0.39, 0.29) is 17.9 Å². The van der Waals surface area contributed by atoms with Crippen LogP contribution in [0.3, 0.4) is 0 Å². The lowest BCUT2D eigenvalue weighted by molar-refractivity contribution is -0.136. The first-order chi connectivity index (χ1) is 10.2. The fraction of sp³-hybridized carbons (Fsp3) is 0.333. The zero-order chi connectivity index (χ0) is 14.7. The van der Waals surface area contributed by atoms with E-state index < -0.39 is 12.1 Å². The van der Waals surface area contributed by atoms with E-state index in [4.69, 9.17) is 0 Å². The van der Waals surface area contributed by atoms with Gasteiger partial charge in [-0.1, -0.05) is 30.3 Å². The number of rotatable bonds is 4. The Morgan fingerprint density at radius 1 is 1.00 bits per heavy atom. The zero-order valence-electron chi connectivity index (χ0n) is 11.4. The number of aliphatic imine (C=N–C) groups is 2. The normalized spacial score (nSPS) is 27.5. The van der Waals surface area contributed by atoms with Crippen molar-refractivity contribution in [3.05, 3.63) is 35.9 Å². The Kier molecular flexibility index (Phi) is 3.77. The Morgan fingerprint density at radius 2 is 1.71 bits per heavy atom. The second-order valence-corrected chi connectivity index (χ2v) is 5.18. The van der Waals surface area contributed by atoms with Gasteiger partial charge in [0.05, 0.1) is 6.04 Å². The summed E-state index contributed by atoms with van der Waals surface area (Å²) in [6.45, 7) is 0. The molecule has 6 nitrogen and oxygen atoms in total. The van der Waals surface area contributed by atoms with Gasteiger partial charge in [0.1, 0.15) is 18.4 Å². The van der Waals surface area contributed by atoms with Gasteiger partial charge in [0.2, 0.25) is 11.8 Å². The van der Waals surface area contributed by atoms with Crippen LogP contribution in [0.25, 0.3) is 0 Å². The van der Waals surface area contributed by atoms with E-state index >= 15 is 0 Å².